The molecule has 1 aromatic heterocycles. The van der Waals surface area contributed by atoms with Crippen molar-refractivity contribution >= 4 is 39.8 Å². The summed E-state index contributed by atoms with van der Waals surface area (Å²) in [6, 6.07) is 4.89. The van der Waals surface area contributed by atoms with E-state index in [9.17, 15) is 18.0 Å². The van der Waals surface area contributed by atoms with Gasteiger partial charge in [0, 0.05) is 6.54 Å². The molecule has 0 radical (unpaired) electrons. The van der Waals surface area contributed by atoms with Gasteiger partial charge in [0.25, 0.3) is 0 Å². The summed E-state index contributed by atoms with van der Waals surface area (Å²) in [5, 5.41) is 13.5. The number of aromatic nitrogens is 2. The third kappa shape index (κ3) is 5.87. The Kier molecular flexibility index (Phi) is 6.87. The van der Waals surface area contributed by atoms with Crippen LogP contribution < -0.4 is 10.6 Å². The van der Waals surface area contributed by atoms with E-state index in [4.69, 9.17) is 0 Å². The van der Waals surface area contributed by atoms with Crippen molar-refractivity contribution in [2.24, 2.45) is 5.92 Å². The zero-order valence-corrected chi connectivity index (χ0v) is 16.1. The number of thioether (sulfide) groups is 1. The molecule has 0 bridgehead atoms. The molecule has 2 aromatic rings. The zero-order chi connectivity index (χ0) is 19.3. The SMILES string of the molecule is CC(C)CNc1nnc(SC(C)C(=O)Nc2ccccc2C(F)(F)F)s1. The molecular weight excluding hydrogens is 385 g/mol. The van der Waals surface area contributed by atoms with Crippen LogP contribution in [-0.4, -0.2) is 27.9 Å². The van der Waals surface area contributed by atoms with Crippen LogP contribution in [0.4, 0.5) is 24.0 Å². The third-order valence-corrected chi connectivity index (χ3v) is 5.27. The van der Waals surface area contributed by atoms with E-state index in [1.807, 2.05) is 0 Å². The van der Waals surface area contributed by atoms with Crippen molar-refractivity contribution in [3.8, 4) is 0 Å². The lowest BCUT2D eigenvalue weighted by Gasteiger charge is -2.15. The fourth-order valence-corrected chi connectivity index (χ4v) is 3.80. The first kappa shape index (κ1) is 20.5. The third-order valence-electron chi connectivity index (χ3n) is 3.21. The van der Waals surface area contributed by atoms with E-state index in [2.05, 4.69) is 34.7 Å². The van der Waals surface area contributed by atoms with Crippen LogP contribution in [0.2, 0.25) is 0 Å². The number of nitrogens with one attached hydrogen (secondary N) is 2. The minimum Gasteiger partial charge on any atom is -0.360 e. The molecular formula is C16H19F3N4OS2. The summed E-state index contributed by atoms with van der Waals surface area (Å²) in [6.45, 7) is 6.49. The maximum Gasteiger partial charge on any atom is 0.418 e. The van der Waals surface area contributed by atoms with Crippen LogP contribution in [0.15, 0.2) is 28.6 Å². The summed E-state index contributed by atoms with van der Waals surface area (Å²) in [5.41, 5.74) is -1.13. The van der Waals surface area contributed by atoms with Crippen LogP contribution in [0.3, 0.4) is 0 Å². The number of rotatable bonds is 7. The van der Waals surface area contributed by atoms with Gasteiger partial charge in [-0.1, -0.05) is 49.1 Å². The van der Waals surface area contributed by atoms with E-state index >= 15 is 0 Å². The topological polar surface area (TPSA) is 66.9 Å². The Morgan fingerprint density at radius 3 is 2.58 bits per heavy atom. The fourth-order valence-electron chi connectivity index (χ4n) is 1.90. The average molecular weight is 404 g/mol. The van der Waals surface area contributed by atoms with Crippen molar-refractivity contribution in [3.05, 3.63) is 29.8 Å². The number of carbonyl (C=O) groups is 1. The molecule has 0 aliphatic heterocycles. The summed E-state index contributed by atoms with van der Waals surface area (Å²) in [7, 11) is 0. The van der Waals surface area contributed by atoms with Gasteiger partial charge in [-0.25, -0.2) is 0 Å². The molecule has 0 aliphatic rings. The minimum atomic E-state index is -4.53. The highest BCUT2D eigenvalue weighted by Crippen LogP contribution is 2.35. The Morgan fingerprint density at radius 1 is 1.23 bits per heavy atom. The highest BCUT2D eigenvalue weighted by Gasteiger charge is 2.34. The summed E-state index contributed by atoms with van der Waals surface area (Å²) in [4.78, 5) is 12.3. The standard InChI is InChI=1S/C16H19F3N4OS2/c1-9(2)8-20-14-22-23-15(26-14)25-10(3)13(24)21-12-7-5-4-6-11(12)16(17,18)19/h4-7,9-10H,8H2,1-3H3,(H,20,22)(H,21,24). The van der Waals surface area contributed by atoms with Gasteiger partial charge in [-0.2, -0.15) is 13.2 Å². The van der Waals surface area contributed by atoms with E-state index in [1.165, 1.54) is 29.5 Å². The maximum atomic E-state index is 13.0. The molecule has 26 heavy (non-hydrogen) atoms. The van der Waals surface area contributed by atoms with Gasteiger partial charge in [0.05, 0.1) is 16.5 Å². The zero-order valence-electron chi connectivity index (χ0n) is 14.4. The summed E-state index contributed by atoms with van der Waals surface area (Å²) in [6.07, 6.45) is -4.53. The van der Waals surface area contributed by atoms with Crippen LogP contribution in [0.5, 0.6) is 0 Å². The number of para-hydroxylation sites is 1. The summed E-state index contributed by atoms with van der Waals surface area (Å²) < 4.78 is 39.6. The number of benzene rings is 1. The molecule has 1 unspecified atom stereocenters. The minimum absolute atomic E-state index is 0.256. The van der Waals surface area contributed by atoms with Gasteiger partial charge in [0.15, 0.2) is 4.34 Å². The number of carbonyl (C=O) groups excluding carboxylic acids is 1. The van der Waals surface area contributed by atoms with Gasteiger partial charge in [-0.05, 0) is 25.0 Å². The van der Waals surface area contributed by atoms with Crippen molar-refractivity contribution in [1.29, 1.82) is 0 Å². The molecule has 1 heterocycles. The van der Waals surface area contributed by atoms with Crippen molar-refractivity contribution in [2.75, 3.05) is 17.2 Å². The molecule has 0 spiro atoms. The molecule has 2 rings (SSSR count). The molecule has 10 heteroatoms. The van der Waals surface area contributed by atoms with Crippen molar-refractivity contribution in [2.45, 2.75) is 36.5 Å². The van der Waals surface area contributed by atoms with Crippen molar-refractivity contribution in [3.63, 3.8) is 0 Å². The Balaban J connectivity index is 1.99. The molecule has 2 N–H and O–H groups in total. The maximum absolute atomic E-state index is 13.0. The van der Waals surface area contributed by atoms with Gasteiger partial charge in [0.1, 0.15) is 0 Å². The monoisotopic (exact) mass is 404 g/mol. The number of amides is 1. The number of anilines is 2. The van der Waals surface area contributed by atoms with E-state index in [0.29, 0.717) is 15.4 Å². The Morgan fingerprint density at radius 2 is 1.92 bits per heavy atom. The molecule has 0 aliphatic carbocycles. The normalized spacial score (nSPS) is 12.9. The lowest BCUT2D eigenvalue weighted by Crippen LogP contribution is -2.24. The highest BCUT2D eigenvalue weighted by molar-refractivity contribution is 8.02. The smallest absolute Gasteiger partial charge is 0.360 e. The van der Waals surface area contributed by atoms with Gasteiger partial charge >= 0.3 is 6.18 Å². The molecule has 5 nitrogen and oxygen atoms in total. The van der Waals surface area contributed by atoms with Crippen LogP contribution in [0.1, 0.15) is 26.3 Å². The lowest BCUT2D eigenvalue weighted by atomic mass is 10.1. The number of nitrogens with zero attached hydrogens (tertiary/aromatic N) is 2. The predicted octanol–water partition coefficient (Wildman–Crippen LogP) is 4.74. The Bertz CT molecular complexity index is 749. The fraction of sp³-hybridized carbons (Fsp3) is 0.438. The molecule has 0 saturated carbocycles. The molecule has 1 atom stereocenters. The van der Waals surface area contributed by atoms with Crippen LogP contribution in [-0.2, 0) is 11.0 Å². The first-order valence-electron chi connectivity index (χ1n) is 7.88. The van der Waals surface area contributed by atoms with Gasteiger partial charge in [-0.15, -0.1) is 10.2 Å². The van der Waals surface area contributed by atoms with E-state index in [0.717, 1.165) is 24.4 Å². The van der Waals surface area contributed by atoms with E-state index < -0.39 is 22.9 Å². The summed E-state index contributed by atoms with van der Waals surface area (Å²) in [5.74, 6) is -0.0769. The molecule has 142 valence electrons. The molecule has 0 fully saturated rings. The van der Waals surface area contributed by atoms with Crippen molar-refractivity contribution in [1.82, 2.24) is 10.2 Å². The van der Waals surface area contributed by atoms with Crippen LogP contribution in [0.25, 0.3) is 0 Å². The molecule has 1 aromatic carbocycles. The number of halogens is 3. The second-order valence-corrected chi connectivity index (χ2v) is 8.51. The number of alkyl halides is 3. The Hall–Kier alpha value is -1.81. The first-order valence-corrected chi connectivity index (χ1v) is 9.57. The number of hydrogen-bond donors (Lipinski definition) is 2. The second-order valence-electron chi connectivity index (χ2n) is 5.94. The van der Waals surface area contributed by atoms with Gasteiger partial charge in [0.2, 0.25) is 11.0 Å². The quantitative estimate of drug-likeness (QED) is 0.652. The van der Waals surface area contributed by atoms with Crippen LogP contribution >= 0.6 is 23.1 Å². The molecule has 0 saturated heterocycles. The van der Waals surface area contributed by atoms with Crippen molar-refractivity contribution < 1.29 is 18.0 Å². The predicted molar refractivity (Wildman–Crippen MR) is 98.6 cm³/mol. The number of hydrogen-bond acceptors (Lipinski definition) is 6. The van der Waals surface area contributed by atoms with Gasteiger partial charge in [-0.3, -0.25) is 4.79 Å². The first-order chi connectivity index (χ1) is 12.2. The van der Waals surface area contributed by atoms with Crippen LogP contribution in [0, 0.1) is 5.92 Å². The van der Waals surface area contributed by atoms with Gasteiger partial charge < -0.3 is 10.6 Å². The lowest BCUT2D eigenvalue weighted by molar-refractivity contribution is -0.137. The second kappa shape index (κ2) is 8.72. The molecule has 1 amide bonds. The van der Waals surface area contributed by atoms with E-state index in [1.54, 1.807) is 6.92 Å². The highest BCUT2D eigenvalue weighted by atomic mass is 32.2. The van der Waals surface area contributed by atoms with E-state index in [-0.39, 0.29) is 5.69 Å². The summed E-state index contributed by atoms with van der Waals surface area (Å²) >= 11 is 2.45. The average Bonchev–Trinajstić information content (AvgIpc) is 3.00. The largest absolute Gasteiger partial charge is 0.418 e. The Labute approximate surface area is 157 Å².